The zero-order valence-electron chi connectivity index (χ0n) is 20.5. The minimum atomic E-state index is -2.12. The van der Waals surface area contributed by atoms with E-state index in [-0.39, 0.29) is 34.4 Å². The molecule has 0 aromatic heterocycles. The van der Waals surface area contributed by atoms with Gasteiger partial charge in [-0.1, -0.05) is 83.9 Å². The number of rotatable bonds is 12. The Morgan fingerprint density at radius 1 is 0.615 bits per heavy atom. The molecule has 0 spiro atoms. The third kappa shape index (κ3) is 7.66. The molecule has 2 unspecified atom stereocenters. The van der Waals surface area contributed by atoms with Crippen molar-refractivity contribution in [2.75, 3.05) is 0 Å². The molecule has 2 N–H and O–H groups in total. The molecule has 4 aromatic rings. The molecule has 0 heterocycles. The highest BCUT2D eigenvalue weighted by Gasteiger charge is 2.27. The smallest absolute Gasteiger partial charge is 0.223 e. The lowest BCUT2D eigenvalue weighted by molar-refractivity contribution is -0.163. The molecule has 39 heavy (non-hydrogen) atoms. The molecule has 0 aliphatic rings. The van der Waals surface area contributed by atoms with Crippen LogP contribution in [0.25, 0.3) is 0 Å². The van der Waals surface area contributed by atoms with Gasteiger partial charge in [-0.05, 0) is 47.5 Å². The van der Waals surface area contributed by atoms with Crippen LogP contribution in [0, 0.1) is 0 Å². The van der Waals surface area contributed by atoms with Gasteiger partial charge in [0.15, 0.2) is 0 Å². The molecule has 0 bridgehead atoms. The summed E-state index contributed by atoms with van der Waals surface area (Å²) in [5.74, 6) is -1.12. The van der Waals surface area contributed by atoms with Gasteiger partial charge in [-0.15, -0.1) is 0 Å². The van der Waals surface area contributed by atoms with Crippen molar-refractivity contribution < 1.29 is 34.0 Å². The highest BCUT2D eigenvalue weighted by Crippen LogP contribution is 2.28. The third-order valence-electron chi connectivity index (χ3n) is 5.61. The summed E-state index contributed by atoms with van der Waals surface area (Å²) in [4.78, 5) is 25.3. The largest absolute Gasteiger partial charge is 0.487 e. The van der Waals surface area contributed by atoms with Crippen molar-refractivity contribution in [2.45, 2.75) is 25.8 Å². The number of hydrogen-bond donors (Lipinski definition) is 2. The van der Waals surface area contributed by atoms with Crippen LogP contribution in [0.2, 0.25) is 10.0 Å². The minimum Gasteiger partial charge on any atom is -0.487 e. The summed E-state index contributed by atoms with van der Waals surface area (Å²) in [6, 6.07) is 27.3. The van der Waals surface area contributed by atoms with Crippen LogP contribution < -0.4 is 9.47 Å². The van der Waals surface area contributed by atoms with Gasteiger partial charge in [0.25, 0.3) is 0 Å². The number of hydrogen-bond acceptors (Lipinski definition) is 7. The van der Waals surface area contributed by atoms with Gasteiger partial charge < -0.3 is 24.4 Å². The molecule has 200 valence electrons. The average molecular weight is 567 g/mol. The van der Waals surface area contributed by atoms with E-state index in [9.17, 15) is 19.8 Å². The Hall–Kier alpha value is -3.72. The van der Waals surface area contributed by atoms with E-state index in [2.05, 4.69) is 0 Å². The second-order valence-corrected chi connectivity index (χ2v) is 9.22. The molecule has 7 nitrogen and oxygen atoms in total. The minimum absolute atomic E-state index is 0.00201. The van der Waals surface area contributed by atoms with E-state index in [0.29, 0.717) is 11.5 Å². The maximum atomic E-state index is 12.6. The molecular weight excluding hydrogens is 543 g/mol. The lowest BCUT2D eigenvalue weighted by Gasteiger charge is -2.16. The van der Waals surface area contributed by atoms with Gasteiger partial charge in [0.1, 0.15) is 24.7 Å². The lowest BCUT2D eigenvalue weighted by atomic mass is 10.1. The third-order valence-corrected chi connectivity index (χ3v) is 6.20. The summed E-state index contributed by atoms with van der Waals surface area (Å²) in [7, 11) is 0. The zero-order valence-corrected chi connectivity index (χ0v) is 22.0. The van der Waals surface area contributed by atoms with Crippen LogP contribution in [0.3, 0.4) is 0 Å². The maximum absolute atomic E-state index is 12.6. The number of ketones is 2. The van der Waals surface area contributed by atoms with Crippen LogP contribution >= 0.6 is 23.2 Å². The SMILES string of the molecule is O=C(c1ccc(OCc2ccccc2)c(Cl)c1)C(O)OC(O)C(=O)c1ccc(OCc2ccccc2)c(Cl)c1. The van der Waals surface area contributed by atoms with E-state index in [1.54, 1.807) is 0 Å². The van der Waals surface area contributed by atoms with E-state index in [0.717, 1.165) is 11.1 Å². The van der Waals surface area contributed by atoms with Gasteiger partial charge >= 0.3 is 0 Å². The van der Waals surface area contributed by atoms with Crippen LogP contribution in [0.4, 0.5) is 0 Å². The number of aliphatic hydroxyl groups is 2. The molecule has 0 amide bonds. The number of carbonyl (C=O) groups is 2. The van der Waals surface area contributed by atoms with Crippen molar-refractivity contribution in [2.24, 2.45) is 0 Å². The number of aliphatic hydroxyl groups excluding tert-OH is 2. The Kier molecular flexibility index (Phi) is 9.70. The van der Waals surface area contributed by atoms with Crippen molar-refractivity contribution >= 4 is 34.8 Å². The molecule has 0 aliphatic heterocycles. The summed E-state index contributed by atoms with van der Waals surface area (Å²) in [6.07, 6.45) is -4.25. The maximum Gasteiger partial charge on any atom is 0.223 e. The van der Waals surface area contributed by atoms with Crippen molar-refractivity contribution in [3.63, 3.8) is 0 Å². The van der Waals surface area contributed by atoms with Crippen LogP contribution in [0.1, 0.15) is 31.8 Å². The first-order chi connectivity index (χ1) is 18.8. The number of ether oxygens (including phenoxy) is 3. The Balaban J connectivity index is 1.33. The van der Waals surface area contributed by atoms with E-state index in [1.807, 2.05) is 60.7 Å². The highest BCUT2D eigenvalue weighted by atomic mass is 35.5. The van der Waals surface area contributed by atoms with Crippen molar-refractivity contribution in [3.05, 3.63) is 129 Å². The molecule has 0 fully saturated rings. The second kappa shape index (κ2) is 13.4. The zero-order chi connectivity index (χ0) is 27.8. The fourth-order valence-electron chi connectivity index (χ4n) is 3.54. The molecule has 9 heteroatoms. The molecule has 0 saturated heterocycles. The molecule has 4 aromatic carbocycles. The number of halogens is 2. The summed E-state index contributed by atoms with van der Waals surface area (Å²) < 4.78 is 16.3. The average Bonchev–Trinajstić information content (AvgIpc) is 2.96. The van der Waals surface area contributed by atoms with E-state index in [1.165, 1.54) is 36.4 Å². The number of carbonyl (C=O) groups excluding carboxylic acids is 2. The molecule has 4 rings (SSSR count). The van der Waals surface area contributed by atoms with Gasteiger partial charge in [-0.25, -0.2) is 0 Å². The highest BCUT2D eigenvalue weighted by molar-refractivity contribution is 6.32. The first-order valence-electron chi connectivity index (χ1n) is 11.8. The molecule has 2 atom stereocenters. The Labute approximate surface area is 235 Å². The summed E-state index contributed by atoms with van der Waals surface area (Å²) in [5.41, 5.74) is 1.88. The fraction of sp³-hybridized carbons (Fsp3) is 0.133. The van der Waals surface area contributed by atoms with Crippen molar-refractivity contribution in [1.29, 1.82) is 0 Å². The Morgan fingerprint density at radius 2 is 1.00 bits per heavy atom. The fourth-order valence-corrected chi connectivity index (χ4v) is 4.01. The van der Waals surface area contributed by atoms with Gasteiger partial charge in [0.2, 0.25) is 24.1 Å². The topological polar surface area (TPSA) is 102 Å². The predicted octanol–water partition coefficient (Wildman–Crippen LogP) is 5.87. The second-order valence-electron chi connectivity index (χ2n) is 8.41. The Morgan fingerprint density at radius 3 is 1.36 bits per heavy atom. The normalized spacial score (nSPS) is 12.4. The first-order valence-corrected chi connectivity index (χ1v) is 12.6. The summed E-state index contributed by atoms with van der Waals surface area (Å²) in [5, 5.41) is 20.7. The van der Waals surface area contributed by atoms with Crippen LogP contribution in [0.15, 0.2) is 97.1 Å². The molecule has 0 aliphatic carbocycles. The quantitative estimate of drug-likeness (QED) is 0.163. The Bertz CT molecular complexity index is 1320. The number of Topliss-reactive ketones (excluding diaryl/α,β-unsaturated/α-hetero) is 2. The van der Waals surface area contributed by atoms with Crippen LogP contribution in [0.5, 0.6) is 11.5 Å². The standard InChI is InChI=1S/C30H24Cl2O7/c31-23-15-21(11-13-25(23)37-17-19-7-3-1-4-8-19)27(33)29(35)39-30(36)28(34)22-12-14-26(24(32)16-22)38-18-20-9-5-2-6-10-20/h1-16,29-30,35-36H,17-18H2. The monoisotopic (exact) mass is 566 g/mol. The van der Waals surface area contributed by atoms with Gasteiger partial charge in [-0.2, -0.15) is 0 Å². The summed E-state index contributed by atoms with van der Waals surface area (Å²) >= 11 is 12.5. The van der Waals surface area contributed by atoms with E-state index in [4.69, 9.17) is 37.4 Å². The molecule has 0 saturated carbocycles. The summed E-state index contributed by atoms with van der Waals surface area (Å²) in [6.45, 7) is 0.552. The first kappa shape index (κ1) is 28.3. The molecular formula is C30H24Cl2O7. The van der Waals surface area contributed by atoms with E-state index < -0.39 is 24.1 Å². The molecule has 0 radical (unpaired) electrons. The number of benzene rings is 4. The van der Waals surface area contributed by atoms with Crippen LogP contribution in [-0.4, -0.2) is 34.4 Å². The van der Waals surface area contributed by atoms with Crippen LogP contribution in [-0.2, 0) is 18.0 Å². The predicted molar refractivity (Wildman–Crippen MR) is 146 cm³/mol. The van der Waals surface area contributed by atoms with E-state index >= 15 is 0 Å². The van der Waals surface area contributed by atoms with Gasteiger partial charge in [0.05, 0.1) is 10.0 Å². The van der Waals surface area contributed by atoms with Crippen molar-refractivity contribution in [3.8, 4) is 11.5 Å². The van der Waals surface area contributed by atoms with Crippen molar-refractivity contribution in [1.82, 2.24) is 0 Å². The van der Waals surface area contributed by atoms with Gasteiger partial charge in [-0.3, -0.25) is 9.59 Å². The lowest BCUT2D eigenvalue weighted by Crippen LogP contribution is -2.34. The van der Waals surface area contributed by atoms with Gasteiger partial charge in [0, 0.05) is 11.1 Å².